The molecule has 18 nitrogen and oxygen atoms in total. The van der Waals surface area contributed by atoms with Gasteiger partial charge in [0.1, 0.15) is 36.1 Å². The number of cyclic esters (lactones) is 2. The van der Waals surface area contributed by atoms with E-state index in [-0.39, 0.29) is 74.9 Å². The molecule has 0 bridgehead atoms. The molecule has 2 aliphatic heterocycles. The molecule has 1 fully saturated rings. The van der Waals surface area contributed by atoms with Crippen molar-refractivity contribution in [2.75, 3.05) is 20.7 Å². The second kappa shape index (κ2) is 26.3. The lowest BCUT2D eigenvalue weighted by Crippen LogP contribution is -2.54. The van der Waals surface area contributed by atoms with E-state index < -0.39 is 83.3 Å². The largest absolute Gasteiger partial charge is 0.495 e. The Balaban J connectivity index is 1.42. The van der Waals surface area contributed by atoms with Gasteiger partial charge in [0.05, 0.1) is 23.7 Å². The predicted octanol–water partition coefficient (Wildman–Crippen LogP) is 4.30. The molecular weight excluding hydrogens is 924 g/mol. The van der Waals surface area contributed by atoms with Gasteiger partial charge in [-0.15, -0.1) is 0 Å². The number of rotatable bonds is 19. The monoisotopic (exact) mass is 994 g/mol. The Hall–Kier alpha value is -6.01. The van der Waals surface area contributed by atoms with Crippen molar-refractivity contribution in [3.8, 4) is 5.75 Å². The van der Waals surface area contributed by atoms with Crippen LogP contribution in [0.2, 0.25) is 5.02 Å². The first-order valence-electron chi connectivity index (χ1n) is 23.8. The number of methoxy groups -OCH3 is 1. The zero-order chi connectivity index (χ0) is 51.9. The molecule has 1 saturated heterocycles. The fraction of sp³-hybridized carbons (Fsp3) is 0.569. The Labute approximate surface area is 415 Å². The number of esters is 2. The van der Waals surface area contributed by atoms with Gasteiger partial charge >= 0.3 is 11.9 Å². The molecule has 0 saturated carbocycles. The predicted molar refractivity (Wildman–Crippen MR) is 261 cm³/mol. The van der Waals surface area contributed by atoms with Gasteiger partial charge in [0.15, 0.2) is 6.10 Å². The van der Waals surface area contributed by atoms with Crippen LogP contribution in [0.5, 0.6) is 5.75 Å². The van der Waals surface area contributed by atoms with Crippen molar-refractivity contribution >= 4 is 59.0 Å². The molecule has 2 aliphatic rings. The normalized spacial score (nSPS) is 22.5. The Morgan fingerprint density at radius 2 is 1.56 bits per heavy atom. The molecule has 384 valence electrons. The van der Waals surface area contributed by atoms with Crippen molar-refractivity contribution < 1.29 is 57.3 Å². The van der Waals surface area contributed by atoms with Crippen LogP contribution >= 0.6 is 11.6 Å². The number of hydrogen-bond acceptors (Lipinski definition) is 12. The van der Waals surface area contributed by atoms with Crippen LogP contribution in [0, 0.1) is 23.2 Å². The van der Waals surface area contributed by atoms with Crippen LogP contribution in [0.1, 0.15) is 110 Å². The van der Waals surface area contributed by atoms with Gasteiger partial charge in [-0.25, -0.2) is 4.79 Å². The number of benzene rings is 2. The lowest BCUT2D eigenvalue weighted by Gasteiger charge is -2.29. The van der Waals surface area contributed by atoms with E-state index in [4.69, 9.17) is 30.5 Å². The molecule has 19 heteroatoms. The van der Waals surface area contributed by atoms with E-state index in [1.54, 1.807) is 58.9 Å². The summed E-state index contributed by atoms with van der Waals surface area (Å²) in [4.78, 5) is 105. The van der Waals surface area contributed by atoms with Crippen molar-refractivity contribution in [3.05, 3.63) is 76.3 Å². The van der Waals surface area contributed by atoms with Gasteiger partial charge < -0.3 is 50.8 Å². The van der Waals surface area contributed by atoms with Gasteiger partial charge in [-0.1, -0.05) is 82.6 Å². The van der Waals surface area contributed by atoms with E-state index >= 15 is 0 Å². The summed E-state index contributed by atoms with van der Waals surface area (Å²) >= 11 is 6.37. The summed E-state index contributed by atoms with van der Waals surface area (Å²) in [5.74, 6) is -4.29. The second-order valence-electron chi connectivity index (χ2n) is 19.4. The number of amides is 6. The molecule has 0 aromatic heterocycles. The summed E-state index contributed by atoms with van der Waals surface area (Å²) < 4.78 is 23.4. The zero-order valence-electron chi connectivity index (χ0n) is 41.9. The average Bonchev–Trinajstić information content (AvgIpc) is 4.11. The van der Waals surface area contributed by atoms with Crippen molar-refractivity contribution in [2.24, 2.45) is 23.2 Å². The van der Waals surface area contributed by atoms with Crippen LogP contribution in [-0.4, -0.2) is 105 Å². The zero-order valence-corrected chi connectivity index (χ0v) is 42.7. The van der Waals surface area contributed by atoms with Gasteiger partial charge in [0, 0.05) is 51.7 Å². The molecule has 70 heavy (non-hydrogen) atoms. The number of hydrogen-bond donors (Lipinski definition) is 6. The fourth-order valence-electron chi connectivity index (χ4n) is 7.67. The van der Waals surface area contributed by atoms with E-state index in [1.807, 2.05) is 45.0 Å². The molecule has 0 aliphatic carbocycles. The topological polar surface area (TPSA) is 249 Å². The highest BCUT2D eigenvalue weighted by Gasteiger charge is 2.48. The number of carbonyl (C=O) groups excluding carboxylic acids is 8. The van der Waals surface area contributed by atoms with Crippen molar-refractivity contribution in [1.29, 1.82) is 0 Å². The van der Waals surface area contributed by atoms with E-state index in [0.717, 1.165) is 11.1 Å². The van der Waals surface area contributed by atoms with Gasteiger partial charge in [0.2, 0.25) is 35.4 Å². The van der Waals surface area contributed by atoms with E-state index in [2.05, 4.69) is 31.9 Å². The number of nitrogens with one attached hydrogen (secondary N) is 6. The SMILES string of the molecule is CNC(=O)CCCC(=O)N[C@H](C(=O)NC(C)C(=O)NCc1ccc([C@H]2O[C@@H]2[C@@H](C)[C@@H]2C/C=C/C(=O)N[C@H](Cc3ccc(OC)c(Cl)c3)C(=O)NCC(C)(C)C(=O)O[C@@H](CC(C)C)C(=O)O2)cc1)C(C)C. The molecule has 2 aromatic carbocycles. The first-order chi connectivity index (χ1) is 33.0. The summed E-state index contributed by atoms with van der Waals surface area (Å²) in [7, 11) is 3.01. The summed E-state index contributed by atoms with van der Waals surface area (Å²) in [6.07, 6.45) is 1.00. The maximum atomic E-state index is 13.9. The van der Waals surface area contributed by atoms with Crippen LogP contribution in [-0.2, 0) is 65.5 Å². The first-order valence-corrected chi connectivity index (χ1v) is 24.2. The van der Waals surface area contributed by atoms with E-state index in [9.17, 15) is 38.4 Å². The standard InChI is InChI=1S/C51H71ClN6O12/c1-28(2)23-39-49(65)68-37(13-11-15-41(60)57-36(25-33-19-22-38(67-10)35(52)24-33)47(63)55-27-51(7,8)50(66)69-39)30(5)44-45(70-44)34-20-17-32(18-21-34)26-54-46(62)31(6)56-48(64)43(29(3)4)58-42(61)16-12-14-40(59)53-9/h11,15,17-22,24,28-31,36-37,39,43-45H,12-14,16,23,25-27H2,1-10H3,(H,53,59)(H,54,62)(H,55,63)(H,56,64)(H,57,60)(H,58,61)/b15-11+/t30-,31?,36+,37-,39-,43-,44+,45+/m0/s1. The maximum Gasteiger partial charge on any atom is 0.347 e. The summed E-state index contributed by atoms with van der Waals surface area (Å²) in [6, 6.07) is 9.65. The molecule has 2 heterocycles. The summed E-state index contributed by atoms with van der Waals surface area (Å²) in [6.45, 7) is 14.0. The van der Waals surface area contributed by atoms with Crippen LogP contribution in [0.25, 0.3) is 0 Å². The Morgan fingerprint density at radius 1 is 0.886 bits per heavy atom. The molecule has 4 rings (SSSR count). The van der Waals surface area contributed by atoms with Crippen molar-refractivity contribution in [3.63, 3.8) is 0 Å². The Bertz CT molecular complexity index is 2220. The highest BCUT2D eigenvalue weighted by Crippen LogP contribution is 2.45. The van der Waals surface area contributed by atoms with Crippen molar-refractivity contribution in [2.45, 2.75) is 143 Å². The van der Waals surface area contributed by atoms with Crippen molar-refractivity contribution in [1.82, 2.24) is 31.9 Å². The Kier molecular flexibility index (Phi) is 21.2. The first kappa shape index (κ1) is 56.6. The lowest BCUT2D eigenvalue weighted by atomic mass is 9.92. The molecule has 0 radical (unpaired) electrons. The van der Waals surface area contributed by atoms with Gasteiger partial charge in [-0.3, -0.25) is 33.6 Å². The summed E-state index contributed by atoms with van der Waals surface area (Å²) in [5, 5.41) is 16.6. The fourth-order valence-corrected chi connectivity index (χ4v) is 7.95. The smallest absolute Gasteiger partial charge is 0.347 e. The van der Waals surface area contributed by atoms with Gasteiger partial charge in [0.25, 0.3) is 0 Å². The van der Waals surface area contributed by atoms with Gasteiger partial charge in [-0.05, 0) is 80.3 Å². The Morgan fingerprint density at radius 3 is 2.19 bits per heavy atom. The molecule has 6 N–H and O–H groups in total. The number of epoxide rings is 1. The number of ether oxygens (including phenoxy) is 4. The van der Waals surface area contributed by atoms with E-state index in [0.29, 0.717) is 22.8 Å². The van der Waals surface area contributed by atoms with E-state index in [1.165, 1.54) is 20.2 Å². The molecule has 0 spiro atoms. The molecule has 8 atom stereocenters. The second-order valence-corrected chi connectivity index (χ2v) is 19.8. The molecule has 6 amide bonds. The molecule has 1 unspecified atom stereocenters. The van der Waals surface area contributed by atoms with Crippen LogP contribution in [0.4, 0.5) is 0 Å². The third-order valence-electron chi connectivity index (χ3n) is 12.2. The highest BCUT2D eigenvalue weighted by molar-refractivity contribution is 6.32. The lowest BCUT2D eigenvalue weighted by molar-refractivity contribution is -0.179. The van der Waals surface area contributed by atoms with Crippen LogP contribution in [0.15, 0.2) is 54.6 Å². The van der Waals surface area contributed by atoms with Crippen LogP contribution in [0.3, 0.4) is 0 Å². The number of carbonyl (C=O) groups is 8. The van der Waals surface area contributed by atoms with Crippen LogP contribution < -0.4 is 36.6 Å². The molecule has 2 aromatic rings. The minimum Gasteiger partial charge on any atom is -0.495 e. The minimum absolute atomic E-state index is 0.0513. The minimum atomic E-state index is -1.27. The third-order valence-corrected chi connectivity index (χ3v) is 12.5. The number of halogens is 1. The quantitative estimate of drug-likeness (QED) is 0.0852. The third kappa shape index (κ3) is 17.1. The summed E-state index contributed by atoms with van der Waals surface area (Å²) in [5.41, 5.74) is 1.01. The highest BCUT2D eigenvalue weighted by atomic mass is 35.5. The van der Waals surface area contributed by atoms with Gasteiger partial charge in [-0.2, -0.15) is 0 Å². The average molecular weight is 996 g/mol. The molecular formula is C51H71ClN6O12. The maximum absolute atomic E-state index is 13.9.